The molecule has 0 saturated heterocycles. The lowest BCUT2D eigenvalue weighted by Gasteiger charge is -2.25. The molecule has 126 valence electrons. The molecule has 3 nitrogen and oxygen atoms in total. The Morgan fingerprint density at radius 2 is 1.78 bits per heavy atom. The van der Waals surface area contributed by atoms with Gasteiger partial charge in [0.1, 0.15) is 0 Å². The van der Waals surface area contributed by atoms with Crippen LogP contribution in [-0.4, -0.2) is 33.8 Å². The van der Waals surface area contributed by atoms with E-state index >= 15 is 0 Å². The Labute approximate surface area is 140 Å². The summed E-state index contributed by atoms with van der Waals surface area (Å²) in [6.45, 7) is 9.90. The second kappa shape index (κ2) is 8.90. The zero-order valence-corrected chi connectivity index (χ0v) is 14.7. The van der Waals surface area contributed by atoms with Crippen LogP contribution in [0, 0.1) is 5.92 Å². The number of nitrogens with zero attached hydrogens (tertiary/aromatic N) is 2. The standard InChI is InChI=1S/C20H30N2O/c1-17(2)11-13-21(14-18(3)23)16-20-10-7-12-22(20)15-19-8-5-4-6-9-19/h4-10,12,17-18,23H,11,13-16H2,1-3H3. The molecule has 0 spiro atoms. The molecule has 0 bridgehead atoms. The lowest BCUT2D eigenvalue weighted by Crippen LogP contribution is -2.32. The van der Waals surface area contributed by atoms with Gasteiger partial charge in [-0.05, 0) is 43.5 Å². The summed E-state index contributed by atoms with van der Waals surface area (Å²) >= 11 is 0. The molecule has 23 heavy (non-hydrogen) atoms. The molecule has 0 aliphatic rings. The van der Waals surface area contributed by atoms with Crippen LogP contribution in [0.25, 0.3) is 0 Å². The fourth-order valence-corrected chi connectivity index (χ4v) is 2.81. The molecule has 1 atom stereocenters. The van der Waals surface area contributed by atoms with Gasteiger partial charge in [-0.25, -0.2) is 0 Å². The van der Waals surface area contributed by atoms with Gasteiger partial charge in [0.2, 0.25) is 0 Å². The molecule has 3 heteroatoms. The first-order valence-electron chi connectivity index (χ1n) is 8.63. The van der Waals surface area contributed by atoms with Crippen molar-refractivity contribution in [3.05, 3.63) is 59.9 Å². The van der Waals surface area contributed by atoms with Gasteiger partial charge in [0, 0.05) is 31.5 Å². The van der Waals surface area contributed by atoms with E-state index in [4.69, 9.17) is 0 Å². The molecule has 0 radical (unpaired) electrons. The molecular formula is C20H30N2O. The van der Waals surface area contributed by atoms with Gasteiger partial charge in [-0.2, -0.15) is 0 Å². The number of aliphatic hydroxyl groups is 1. The van der Waals surface area contributed by atoms with Crippen molar-refractivity contribution in [2.75, 3.05) is 13.1 Å². The van der Waals surface area contributed by atoms with E-state index in [1.54, 1.807) is 0 Å². The Morgan fingerprint density at radius 1 is 1.04 bits per heavy atom. The van der Waals surface area contributed by atoms with Crippen molar-refractivity contribution in [2.24, 2.45) is 5.92 Å². The lowest BCUT2D eigenvalue weighted by atomic mass is 10.1. The van der Waals surface area contributed by atoms with E-state index in [1.165, 1.54) is 11.3 Å². The van der Waals surface area contributed by atoms with Gasteiger partial charge < -0.3 is 9.67 Å². The maximum absolute atomic E-state index is 9.77. The van der Waals surface area contributed by atoms with E-state index in [9.17, 15) is 5.11 Å². The summed E-state index contributed by atoms with van der Waals surface area (Å²) in [6.07, 6.45) is 3.01. The first-order chi connectivity index (χ1) is 11.0. The predicted molar refractivity (Wildman–Crippen MR) is 96.4 cm³/mol. The molecule has 1 heterocycles. The number of hydrogen-bond donors (Lipinski definition) is 1. The molecule has 1 unspecified atom stereocenters. The molecule has 1 N–H and O–H groups in total. The highest BCUT2D eigenvalue weighted by atomic mass is 16.3. The average Bonchev–Trinajstić information content (AvgIpc) is 2.92. The Kier molecular flexibility index (Phi) is 6.87. The van der Waals surface area contributed by atoms with Crippen LogP contribution < -0.4 is 0 Å². The van der Waals surface area contributed by atoms with Crippen LogP contribution in [-0.2, 0) is 13.1 Å². The summed E-state index contributed by atoms with van der Waals surface area (Å²) in [5.74, 6) is 0.683. The quantitative estimate of drug-likeness (QED) is 0.763. The minimum Gasteiger partial charge on any atom is -0.392 e. The van der Waals surface area contributed by atoms with Crippen molar-refractivity contribution >= 4 is 0 Å². The van der Waals surface area contributed by atoms with Crippen LogP contribution in [0.2, 0.25) is 0 Å². The Hall–Kier alpha value is -1.58. The second-order valence-electron chi connectivity index (χ2n) is 6.88. The van der Waals surface area contributed by atoms with E-state index in [0.29, 0.717) is 5.92 Å². The maximum atomic E-state index is 9.77. The van der Waals surface area contributed by atoms with E-state index in [0.717, 1.165) is 32.6 Å². The Morgan fingerprint density at radius 3 is 2.43 bits per heavy atom. The predicted octanol–water partition coefficient (Wildman–Crippen LogP) is 3.77. The van der Waals surface area contributed by atoms with Crippen molar-refractivity contribution in [1.29, 1.82) is 0 Å². The summed E-state index contributed by atoms with van der Waals surface area (Å²) < 4.78 is 2.31. The topological polar surface area (TPSA) is 28.4 Å². The van der Waals surface area contributed by atoms with Crippen LogP contribution in [0.4, 0.5) is 0 Å². The van der Waals surface area contributed by atoms with Crippen molar-refractivity contribution in [1.82, 2.24) is 9.47 Å². The van der Waals surface area contributed by atoms with Gasteiger partial charge >= 0.3 is 0 Å². The van der Waals surface area contributed by atoms with Crippen LogP contribution >= 0.6 is 0 Å². The summed E-state index contributed by atoms with van der Waals surface area (Å²) in [4.78, 5) is 2.36. The molecule has 2 rings (SSSR count). The van der Waals surface area contributed by atoms with Gasteiger partial charge in [-0.15, -0.1) is 0 Å². The van der Waals surface area contributed by atoms with Crippen LogP contribution in [0.3, 0.4) is 0 Å². The molecular weight excluding hydrogens is 284 g/mol. The minimum absolute atomic E-state index is 0.292. The summed E-state index contributed by atoms with van der Waals surface area (Å²) in [6, 6.07) is 14.8. The zero-order valence-electron chi connectivity index (χ0n) is 14.7. The molecule has 0 fully saturated rings. The summed E-state index contributed by atoms with van der Waals surface area (Å²) in [5, 5.41) is 9.77. The third-order valence-corrected chi connectivity index (χ3v) is 4.05. The second-order valence-corrected chi connectivity index (χ2v) is 6.88. The number of benzene rings is 1. The van der Waals surface area contributed by atoms with Crippen molar-refractivity contribution in [3.8, 4) is 0 Å². The third kappa shape index (κ3) is 6.20. The van der Waals surface area contributed by atoms with Gasteiger partial charge in [0.05, 0.1) is 6.10 Å². The zero-order chi connectivity index (χ0) is 16.7. The van der Waals surface area contributed by atoms with Crippen molar-refractivity contribution in [2.45, 2.75) is 46.4 Å². The number of hydrogen-bond acceptors (Lipinski definition) is 2. The molecule has 0 saturated carbocycles. The monoisotopic (exact) mass is 314 g/mol. The highest BCUT2D eigenvalue weighted by Gasteiger charge is 2.12. The van der Waals surface area contributed by atoms with Crippen molar-refractivity contribution < 1.29 is 5.11 Å². The van der Waals surface area contributed by atoms with Gasteiger partial charge in [0.25, 0.3) is 0 Å². The van der Waals surface area contributed by atoms with Crippen LogP contribution in [0.5, 0.6) is 0 Å². The summed E-state index contributed by atoms with van der Waals surface area (Å²) in [5.41, 5.74) is 2.62. The fraction of sp³-hybridized carbons (Fsp3) is 0.500. The normalized spacial score (nSPS) is 13.0. The SMILES string of the molecule is CC(C)CCN(Cc1cccn1Cc1ccccc1)CC(C)O. The molecule has 1 aromatic heterocycles. The maximum Gasteiger partial charge on any atom is 0.0639 e. The first kappa shape index (κ1) is 17.8. The van der Waals surface area contributed by atoms with Crippen LogP contribution in [0.15, 0.2) is 48.7 Å². The smallest absolute Gasteiger partial charge is 0.0639 e. The van der Waals surface area contributed by atoms with E-state index in [2.05, 4.69) is 72.0 Å². The number of aliphatic hydroxyl groups excluding tert-OH is 1. The summed E-state index contributed by atoms with van der Waals surface area (Å²) in [7, 11) is 0. The highest BCUT2D eigenvalue weighted by Crippen LogP contribution is 2.12. The fourth-order valence-electron chi connectivity index (χ4n) is 2.81. The highest BCUT2D eigenvalue weighted by molar-refractivity contribution is 5.17. The molecule has 1 aromatic carbocycles. The first-order valence-corrected chi connectivity index (χ1v) is 8.63. The van der Waals surface area contributed by atoms with Gasteiger partial charge in [-0.3, -0.25) is 4.90 Å². The molecule has 2 aromatic rings. The average molecular weight is 314 g/mol. The third-order valence-electron chi connectivity index (χ3n) is 4.05. The van der Waals surface area contributed by atoms with Crippen LogP contribution in [0.1, 0.15) is 38.4 Å². The lowest BCUT2D eigenvalue weighted by molar-refractivity contribution is 0.117. The molecule has 0 aliphatic carbocycles. The molecule has 0 aliphatic heterocycles. The Bertz CT molecular complexity index is 560. The largest absolute Gasteiger partial charge is 0.392 e. The van der Waals surface area contributed by atoms with E-state index in [-0.39, 0.29) is 6.10 Å². The van der Waals surface area contributed by atoms with E-state index < -0.39 is 0 Å². The molecule has 0 amide bonds. The Balaban J connectivity index is 2.03. The number of rotatable bonds is 9. The van der Waals surface area contributed by atoms with Gasteiger partial charge in [-0.1, -0.05) is 44.2 Å². The number of aromatic nitrogens is 1. The van der Waals surface area contributed by atoms with E-state index in [1.807, 2.05) is 6.92 Å². The van der Waals surface area contributed by atoms with Crippen molar-refractivity contribution in [3.63, 3.8) is 0 Å². The van der Waals surface area contributed by atoms with Gasteiger partial charge in [0.15, 0.2) is 0 Å². The minimum atomic E-state index is -0.292.